The number of hydroxylamine groups is 1. The summed E-state index contributed by atoms with van der Waals surface area (Å²) in [5.74, 6) is 0. The number of benzene rings is 1. The molecule has 1 aliphatic carbocycles. The highest BCUT2D eigenvalue weighted by molar-refractivity contribution is 5.36. The second kappa shape index (κ2) is 4.09. The van der Waals surface area contributed by atoms with E-state index in [1.54, 1.807) is 0 Å². The van der Waals surface area contributed by atoms with E-state index in [1.807, 2.05) is 17.6 Å². The highest BCUT2D eigenvalue weighted by Gasteiger charge is 2.13. The van der Waals surface area contributed by atoms with Crippen molar-refractivity contribution in [3.8, 4) is 0 Å². The molecule has 0 radical (unpaired) electrons. The molecule has 3 N–H and O–H groups in total. The fourth-order valence-corrected chi connectivity index (χ4v) is 2.00. The number of hydrogen-bond acceptors (Lipinski definition) is 3. The highest BCUT2D eigenvalue weighted by atomic mass is 16.5. The van der Waals surface area contributed by atoms with E-state index in [0.29, 0.717) is 0 Å². The highest BCUT2D eigenvalue weighted by Crippen LogP contribution is 2.25. The SMILES string of the molecule is ONCC(O)c1ccc2c(c1)CCC2. The molecular weight excluding hydrogens is 178 g/mol. The average molecular weight is 193 g/mol. The van der Waals surface area contributed by atoms with Crippen molar-refractivity contribution in [2.45, 2.75) is 25.4 Å². The van der Waals surface area contributed by atoms with Gasteiger partial charge in [0.05, 0.1) is 12.6 Å². The third kappa shape index (κ3) is 1.80. The van der Waals surface area contributed by atoms with Gasteiger partial charge in [-0.3, -0.25) is 0 Å². The average Bonchev–Trinajstić information content (AvgIpc) is 2.64. The van der Waals surface area contributed by atoms with Crippen LogP contribution < -0.4 is 5.48 Å². The van der Waals surface area contributed by atoms with E-state index in [-0.39, 0.29) is 6.54 Å². The summed E-state index contributed by atoms with van der Waals surface area (Å²) in [6.45, 7) is 0.179. The van der Waals surface area contributed by atoms with Crippen LogP contribution >= 0.6 is 0 Å². The Bertz CT molecular complexity index is 325. The smallest absolute Gasteiger partial charge is 0.0937 e. The van der Waals surface area contributed by atoms with Crippen LogP contribution in [-0.4, -0.2) is 16.9 Å². The zero-order valence-electron chi connectivity index (χ0n) is 8.03. The van der Waals surface area contributed by atoms with Crippen molar-refractivity contribution >= 4 is 0 Å². The van der Waals surface area contributed by atoms with Gasteiger partial charge in [-0.2, -0.15) is 0 Å². The summed E-state index contributed by atoms with van der Waals surface area (Å²) >= 11 is 0. The van der Waals surface area contributed by atoms with Gasteiger partial charge in [-0.15, -0.1) is 0 Å². The molecule has 0 spiro atoms. The summed E-state index contributed by atoms with van der Waals surface area (Å²) in [4.78, 5) is 0. The number of aliphatic hydroxyl groups excluding tert-OH is 1. The van der Waals surface area contributed by atoms with Gasteiger partial charge < -0.3 is 10.3 Å². The Morgan fingerprint density at radius 2 is 2.07 bits per heavy atom. The number of hydrogen-bond donors (Lipinski definition) is 3. The van der Waals surface area contributed by atoms with Crippen LogP contribution in [0.1, 0.15) is 29.2 Å². The fraction of sp³-hybridized carbons (Fsp3) is 0.455. The fourth-order valence-electron chi connectivity index (χ4n) is 2.00. The molecule has 3 heteroatoms. The zero-order chi connectivity index (χ0) is 9.97. The maximum Gasteiger partial charge on any atom is 0.0937 e. The molecule has 0 amide bonds. The van der Waals surface area contributed by atoms with E-state index in [2.05, 4.69) is 6.07 Å². The lowest BCUT2D eigenvalue weighted by atomic mass is 10.0. The quantitative estimate of drug-likeness (QED) is 0.632. The summed E-state index contributed by atoms with van der Waals surface area (Å²) in [6.07, 6.45) is 2.87. The Morgan fingerprint density at radius 3 is 2.86 bits per heavy atom. The topological polar surface area (TPSA) is 52.5 Å². The predicted molar refractivity (Wildman–Crippen MR) is 53.2 cm³/mol. The molecule has 1 unspecified atom stereocenters. The molecule has 1 aromatic rings. The molecule has 0 aliphatic heterocycles. The molecule has 3 nitrogen and oxygen atoms in total. The first-order valence-electron chi connectivity index (χ1n) is 4.98. The van der Waals surface area contributed by atoms with Crippen molar-refractivity contribution in [2.75, 3.05) is 6.54 Å². The molecule has 0 saturated carbocycles. The number of fused-ring (bicyclic) bond motifs is 1. The first-order valence-corrected chi connectivity index (χ1v) is 4.98. The standard InChI is InChI=1S/C11H15NO2/c13-11(7-12-14)10-5-4-8-2-1-3-9(8)6-10/h4-6,11-14H,1-3,7H2. The van der Waals surface area contributed by atoms with Gasteiger partial charge in [0, 0.05) is 0 Å². The second-order valence-corrected chi connectivity index (χ2v) is 3.76. The van der Waals surface area contributed by atoms with E-state index in [4.69, 9.17) is 5.21 Å². The first kappa shape index (κ1) is 9.65. The van der Waals surface area contributed by atoms with Crippen LogP contribution in [-0.2, 0) is 12.8 Å². The minimum atomic E-state index is -0.620. The summed E-state index contributed by atoms with van der Waals surface area (Å²) in [7, 11) is 0. The van der Waals surface area contributed by atoms with Gasteiger partial charge >= 0.3 is 0 Å². The molecule has 14 heavy (non-hydrogen) atoms. The van der Waals surface area contributed by atoms with Gasteiger partial charge in [0.2, 0.25) is 0 Å². The van der Waals surface area contributed by atoms with E-state index in [0.717, 1.165) is 18.4 Å². The summed E-state index contributed by atoms with van der Waals surface area (Å²) < 4.78 is 0. The van der Waals surface area contributed by atoms with Gasteiger partial charge in [0.25, 0.3) is 0 Å². The van der Waals surface area contributed by atoms with Crippen molar-refractivity contribution < 1.29 is 10.3 Å². The van der Waals surface area contributed by atoms with E-state index >= 15 is 0 Å². The largest absolute Gasteiger partial charge is 0.387 e. The molecule has 0 saturated heterocycles. The summed E-state index contributed by atoms with van der Waals surface area (Å²) in [6, 6.07) is 6.06. The molecule has 0 aromatic heterocycles. The third-order valence-corrected chi connectivity index (χ3v) is 2.79. The third-order valence-electron chi connectivity index (χ3n) is 2.79. The normalized spacial score (nSPS) is 16.7. The maximum absolute atomic E-state index is 9.63. The second-order valence-electron chi connectivity index (χ2n) is 3.76. The molecule has 76 valence electrons. The Labute approximate surface area is 83.3 Å². The zero-order valence-corrected chi connectivity index (χ0v) is 8.03. The molecule has 2 rings (SSSR count). The van der Waals surface area contributed by atoms with Crippen molar-refractivity contribution in [1.82, 2.24) is 5.48 Å². The number of aliphatic hydroxyl groups is 1. The van der Waals surface area contributed by atoms with Crippen LogP contribution in [0.3, 0.4) is 0 Å². The van der Waals surface area contributed by atoms with Crippen LogP contribution in [0.5, 0.6) is 0 Å². The first-order chi connectivity index (χ1) is 6.81. The Kier molecular flexibility index (Phi) is 2.82. The molecular formula is C11H15NO2. The van der Waals surface area contributed by atoms with Crippen molar-refractivity contribution in [1.29, 1.82) is 0 Å². The van der Waals surface area contributed by atoms with Gasteiger partial charge in [0.1, 0.15) is 0 Å². The van der Waals surface area contributed by atoms with E-state index in [9.17, 15) is 5.11 Å². The lowest BCUT2D eigenvalue weighted by Gasteiger charge is -2.11. The number of nitrogens with one attached hydrogen (secondary N) is 1. The van der Waals surface area contributed by atoms with Gasteiger partial charge in [-0.25, -0.2) is 5.48 Å². The van der Waals surface area contributed by atoms with Gasteiger partial charge in [0.15, 0.2) is 0 Å². The summed E-state index contributed by atoms with van der Waals surface area (Å²) in [5.41, 5.74) is 5.61. The van der Waals surface area contributed by atoms with E-state index < -0.39 is 6.10 Å². The maximum atomic E-state index is 9.63. The van der Waals surface area contributed by atoms with Crippen molar-refractivity contribution in [3.63, 3.8) is 0 Å². The van der Waals surface area contributed by atoms with Crippen LogP contribution in [0.15, 0.2) is 18.2 Å². The van der Waals surface area contributed by atoms with Crippen LogP contribution in [0, 0.1) is 0 Å². The molecule has 0 bridgehead atoms. The Hall–Kier alpha value is -0.900. The van der Waals surface area contributed by atoms with Crippen LogP contribution in [0.25, 0.3) is 0 Å². The minimum absolute atomic E-state index is 0.179. The lowest BCUT2D eigenvalue weighted by molar-refractivity contribution is 0.0921. The van der Waals surface area contributed by atoms with Crippen LogP contribution in [0.4, 0.5) is 0 Å². The Balaban J connectivity index is 2.19. The molecule has 1 aromatic carbocycles. The van der Waals surface area contributed by atoms with Crippen molar-refractivity contribution in [2.24, 2.45) is 0 Å². The molecule has 1 aliphatic rings. The number of rotatable bonds is 3. The molecule has 0 heterocycles. The lowest BCUT2D eigenvalue weighted by Crippen LogP contribution is -2.17. The van der Waals surface area contributed by atoms with Crippen LogP contribution in [0.2, 0.25) is 0 Å². The molecule has 0 fully saturated rings. The van der Waals surface area contributed by atoms with E-state index in [1.165, 1.54) is 17.5 Å². The summed E-state index contributed by atoms with van der Waals surface area (Å²) in [5, 5.41) is 18.1. The monoisotopic (exact) mass is 193 g/mol. The Morgan fingerprint density at radius 1 is 1.29 bits per heavy atom. The minimum Gasteiger partial charge on any atom is -0.387 e. The van der Waals surface area contributed by atoms with Gasteiger partial charge in [-0.1, -0.05) is 18.2 Å². The van der Waals surface area contributed by atoms with Crippen molar-refractivity contribution in [3.05, 3.63) is 34.9 Å². The molecule has 1 atom stereocenters. The number of aryl methyl sites for hydroxylation is 2. The van der Waals surface area contributed by atoms with Gasteiger partial charge in [-0.05, 0) is 36.0 Å². The predicted octanol–water partition coefficient (Wildman–Crippen LogP) is 1.19.